The summed E-state index contributed by atoms with van der Waals surface area (Å²) in [6.45, 7) is 11.0. The van der Waals surface area contributed by atoms with E-state index in [2.05, 4.69) is 57.3 Å². The standard InChI is InChI=1S/C19H31NO/c1-5-13-20-18-16-9-7-6-8-15(16)10-11-17(18)21-14-12-19(2,3)4/h6-9,17-18,20H,5,10-14H2,1-4H3. The average molecular weight is 289 g/mol. The molecule has 0 fully saturated rings. The molecule has 0 radical (unpaired) electrons. The van der Waals surface area contributed by atoms with Crippen molar-refractivity contribution in [1.29, 1.82) is 0 Å². The lowest BCUT2D eigenvalue weighted by Gasteiger charge is -2.35. The maximum atomic E-state index is 6.26. The van der Waals surface area contributed by atoms with E-state index in [-0.39, 0.29) is 0 Å². The van der Waals surface area contributed by atoms with Crippen molar-refractivity contribution in [3.63, 3.8) is 0 Å². The highest BCUT2D eigenvalue weighted by Gasteiger charge is 2.29. The van der Waals surface area contributed by atoms with E-state index in [1.165, 1.54) is 11.1 Å². The molecule has 2 heteroatoms. The highest BCUT2D eigenvalue weighted by molar-refractivity contribution is 5.33. The fourth-order valence-electron chi connectivity index (χ4n) is 2.97. The number of benzene rings is 1. The molecule has 0 aromatic heterocycles. The smallest absolute Gasteiger partial charge is 0.0773 e. The van der Waals surface area contributed by atoms with Crippen molar-refractivity contribution < 1.29 is 4.74 Å². The first-order valence-corrected chi connectivity index (χ1v) is 8.44. The minimum Gasteiger partial charge on any atom is -0.376 e. The summed E-state index contributed by atoms with van der Waals surface area (Å²) in [6.07, 6.45) is 4.86. The van der Waals surface area contributed by atoms with Crippen LogP contribution in [0.15, 0.2) is 24.3 Å². The second kappa shape index (κ2) is 7.42. The molecule has 2 unspecified atom stereocenters. The maximum Gasteiger partial charge on any atom is 0.0773 e. The van der Waals surface area contributed by atoms with Crippen molar-refractivity contribution in [1.82, 2.24) is 5.32 Å². The van der Waals surface area contributed by atoms with Crippen LogP contribution in [0.3, 0.4) is 0 Å². The molecule has 0 saturated carbocycles. The maximum absolute atomic E-state index is 6.26. The van der Waals surface area contributed by atoms with Gasteiger partial charge in [-0.15, -0.1) is 0 Å². The number of fused-ring (bicyclic) bond motifs is 1. The van der Waals surface area contributed by atoms with Crippen LogP contribution in [0, 0.1) is 5.41 Å². The third kappa shape index (κ3) is 4.82. The van der Waals surface area contributed by atoms with Gasteiger partial charge in [0.2, 0.25) is 0 Å². The molecule has 0 aliphatic heterocycles. The predicted octanol–water partition coefficient (Wildman–Crippen LogP) is 4.49. The molecule has 2 rings (SSSR count). The lowest BCUT2D eigenvalue weighted by molar-refractivity contribution is 0.00417. The zero-order chi connectivity index (χ0) is 15.3. The predicted molar refractivity (Wildman–Crippen MR) is 89.6 cm³/mol. The van der Waals surface area contributed by atoms with Crippen LogP contribution in [0.4, 0.5) is 0 Å². The third-order valence-electron chi connectivity index (χ3n) is 4.26. The molecule has 0 heterocycles. The van der Waals surface area contributed by atoms with Gasteiger partial charge in [0, 0.05) is 6.61 Å². The van der Waals surface area contributed by atoms with Crippen LogP contribution in [0.5, 0.6) is 0 Å². The molecular formula is C19H31NO. The Hall–Kier alpha value is -0.860. The first-order chi connectivity index (χ1) is 10.0. The van der Waals surface area contributed by atoms with Crippen molar-refractivity contribution in [2.24, 2.45) is 5.41 Å². The van der Waals surface area contributed by atoms with Crippen molar-refractivity contribution in [3.8, 4) is 0 Å². The van der Waals surface area contributed by atoms with Gasteiger partial charge in [0.15, 0.2) is 0 Å². The van der Waals surface area contributed by atoms with Crippen molar-refractivity contribution in [3.05, 3.63) is 35.4 Å². The number of nitrogens with one attached hydrogen (secondary N) is 1. The first kappa shape index (κ1) is 16.5. The van der Waals surface area contributed by atoms with E-state index in [1.54, 1.807) is 0 Å². The highest BCUT2D eigenvalue weighted by Crippen LogP contribution is 2.32. The van der Waals surface area contributed by atoms with Gasteiger partial charge in [-0.1, -0.05) is 52.0 Å². The van der Waals surface area contributed by atoms with Gasteiger partial charge in [-0.3, -0.25) is 0 Å². The Morgan fingerprint density at radius 3 is 2.71 bits per heavy atom. The van der Waals surface area contributed by atoms with Crippen molar-refractivity contribution in [2.45, 2.75) is 65.5 Å². The zero-order valence-corrected chi connectivity index (χ0v) is 14.1. The summed E-state index contributed by atoms with van der Waals surface area (Å²) < 4.78 is 6.26. The molecule has 21 heavy (non-hydrogen) atoms. The Bertz CT molecular complexity index is 435. The SMILES string of the molecule is CCCNC1c2ccccc2CCC1OCCC(C)(C)C. The van der Waals surface area contributed by atoms with E-state index < -0.39 is 0 Å². The van der Waals surface area contributed by atoms with Crippen molar-refractivity contribution in [2.75, 3.05) is 13.2 Å². The van der Waals surface area contributed by atoms with E-state index >= 15 is 0 Å². The van der Waals surface area contributed by atoms with E-state index in [0.29, 0.717) is 17.6 Å². The molecule has 1 aliphatic rings. The summed E-state index contributed by atoms with van der Waals surface area (Å²) in [5.74, 6) is 0. The molecule has 118 valence electrons. The second-order valence-electron chi connectivity index (χ2n) is 7.39. The number of aryl methyl sites for hydroxylation is 1. The van der Waals surface area contributed by atoms with E-state index in [0.717, 1.165) is 38.8 Å². The summed E-state index contributed by atoms with van der Waals surface area (Å²) in [5.41, 5.74) is 3.28. The van der Waals surface area contributed by atoms with Gasteiger partial charge in [-0.25, -0.2) is 0 Å². The van der Waals surface area contributed by atoms with Gasteiger partial charge in [0.1, 0.15) is 0 Å². The van der Waals surface area contributed by atoms with Crippen LogP contribution >= 0.6 is 0 Å². The van der Waals surface area contributed by atoms with Crippen LogP contribution in [-0.4, -0.2) is 19.3 Å². The number of hydrogen-bond donors (Lipinski definition) is 1. The molecule has 1 aromatic carbocycles. The molecule has 0 bridgehead atoms. The topological polar surface area (TPSA) is 21.3 Å². The summed E-state index contributed by atoms with van der Waals surface area (Å²) in [5, 5.41) is 3.70. The Kier molecular flexibility index (Phi) is 5.83. The van der Waals surface area contributed by atoms with Crippen LogP contribution < -0.4 is 5.32 Å². The third-order valence-corrected chi connectivity index (χ3v) is 4.26. The summed E-state index contributed by atoms with van der Waals surface area (Å²) in [7, 11) is 0. The Labute approximate surface area is 130 Å². The molecule has 2 atom stereocenters. The van der Waals surface area contributed by atoms with E-state index in [4.69, 9.17) is 4.74 Å². The quantitative estimate of drug-likeness (QED) is 0.833. The Balaban J connectivity index is 2.03. The highest BCUT2D eigenvalue weighted by atomic mass is 16.5. The molecular weight excluding hydrogens is 258 g/mol. The molecule has 1 aliphatic carbocycles. The lowest BCUT2D eigenvalue weighted by atomic mass is 9.85. The summed E-state index contributed by atoms with van der Waals surface area (Å²) >= 11 is 0. The zero-order valence-electron chi connectivity index (χ0n) is 14.1. The minimum absolute atomic E-state index is 0.314. The van der Waals surface area contributed by atoms with Gasteiger partial charge in [0.25, 0.3) is 0 Å². The van der Waals surface area contributed by atoms with E-state index in [9.17, 15) is 0 Å². The second-order valence-corrected chi connectivity index (χ2v) is 7.39. The van der Waals surface area contributed by atoms with Crippen LogP contribution in [0.25, 0.3) is 0 Å². The van der Waals surface area contributed by atoms with Gasteiger partial charge >= 0.3 is 0 Å². The normalized spacial score (nSPS) is 22.1. The van der Waals surface area contributed by atoms with Gasteiger partial charge < -0.3 is 10.1 Å². The molecule has 0 saturated heterocycles. The monoisotopic (exact) mass is 289 g/mol. The largest absolute Gasteiger partial charge is 0.376 e. The van der Waals surface area contributed by atoms with Gasteiger partial charge in [-0.2, -0.15) is 0 Å². The minimum atomic E-state index is 0.314. The summed E-state index contributed by atoms with van der Waals surface area (Å²) in [6, 6.07) is 9.19. The van der Waals surface area contributed by atoms with Gasteiger partial charge in [0.05, 0.1) is 12.1 Å². The number of hydrogen-bond acceptors (Lipinski definition) is 2. The van der Waals surface area contributed by atoms with Crippen LogP contribution in [-0.2, 0) is 11.2 Å². The van der Waals surface area contributed by atoms with Crippen LogP contribution in [0.2, 0.25) is 0 Å². The Morgan fingerprint density at radius 1 is 1.24 bits per heavy atom. The average Bonchev–Trinajstić information content (AvgIpc) is 2.44. The molecule has 0 amide bonds. The van der Waals surface area contributed by atoms with E-state index in [1.807, 2.05) is 0 Å². The fourth-order valence-corrected chi connectivity index (χ4v) is 2.97. The lowest BCUT2D eigenvalue weighted by Crippen LogP contribution is -2.38. The van der Waals surface area contributed by atoms with Gasteiger partial charge in [-0.05, 0) is 48.8 Å². The molecule has 0 spiro atoms. The fraction of sp³-hybridized carbons (Fsp3) is 0.684. The number of rotatable bonds is 6. The molecule has 2 nitrogen and oxygen atoms in total. The van der Waals surface area contributed by atoms with Crippen LogP contribution in [0.1, 0.15) is 64.1 Å². The molecule has 1 aromatic rings. The van der Waals surface area contributed by atoms with Crippen molar-refractivity contribution >= 4 is 0 Å². The first-order valence-electron chi connectivity index (χ1n) is 8.44. The Morgan fingerprint density at radius 2 is 2.00 bits per heavy atom. The molecule has 1 N–H and O–H groups in total. The summed E-state index contributed by atoms with van der Waals surface area (Å²) in [4.78, 5) is 0. The number of ether oxygens (including phenoxy) is 1.